The summed E-state index contributed by atoms with van der Waals surface area (Å²) >= 11 is 0. The molecule has 1 fully saturated rings. The van der Waals surface area contributed by atoms with Crippen LogP contribution in [0.25, 0.3) is 10.9 Å². The van der Waals surface area contributed by atoms with Gasteiger partial charge in [0.15, 0.2) is 0 Å². The fraction of sp³-hybridized carbons (Fsp3) is 0.400. The monoisotopic (exact) mass is 452 g/mol. The maximum atomic E-state index is 13.4. The minimum absolute atomic E-state index is 0.0472. The van der Waals surface area contributed by atoms with Crippen molar-refractivity contribution in [2.24, 2.45) is 0 Å². The first kappa shape index (κ1) is 23.1. The van der Waals surface area contributed by atoms with Gasteiger partial charge in [0.1, 0.15) is 5.82 Å². The van der Waals surface area contributed by atoms with E-state index in [2.05, 4.69) is 15.2 Å². The number of hydrogen-bond donors (Lipinski definition) is 1. The highest BCUT2D eigenvalue weighted by Gasteiger charge is 2.23. The highest BCUT2D eigenvalue weighted by Crippen LogP contribution is 2.22. The number of benzene rings is 2. The highest BCUT2D eigenvalue weighted by molar-refractivity contribution is 5.80. The van der Waals surface area contributed by atoms with Crippen LogP contribution in [0.1, 0.15) is 30.0 Å². The van der Waals surface area contributed by atoms with Crippen molar-refractivity contribution in [2.75, 3.05) is 32.8 Å². The van der Waals surface area contributed by atoms with Crippen LogP contribution in [0.15, 0.2) is 53.6 Å². The summed E-state index contributed by atoms with van der Waals surface area (Å²) in [5.74, 6) is -0.356. The zero-order valence-corrected chi connectivity index (χ0v) is 18.8. The van der Waals surface area contributed by atoms with E-state index in [0.717, 1.165) is 24.2 Å². The van der Waals surface area contributed by atoms with Crippen LogP contribution in [0.2, 0.25) is 0 Å². The van der Waals surface area contributed by atoms with Crippen molar-refractivity contribution in [1.82, 2.24) is 19.8 Å². The van der Waals surface area contributed by atoms with Crippen LogP contribution in [0, 0.1) is 12.7 Å². The third kappa shape index (κ3) is 5.64. The summed E-state index contributed by atoms with van der Waals surface area (Å²) in [5.41, 5.74) is 2.55. The molecule has 174 valence electrons. The average molecular weight is 453 g/mol. The van der Waals surface area contributed by atoms with Crippen molar-refractivity contribution in [3.8, 4) is 0 Å². The molecule has 1 aliphatic heterocycles. The number of ether oxygens (including phenoxy) is 1. The third-order valence-electron chi connectivity index (χ3n) is 6.09. The Labute approximate surface area is 192 Å². The van der Waals surface area contributed by atoms with E-state index >= 15 is 0 Å². The third-order valence-corrected chi connectivity index (χ3v) is 6.09. The molecule has 1 N–H and O–H groups in total. The van der Waals surface area contributed by atoms with E-state index in [1.165, 1.54) is 12.1 Å². The number of rotatable bonds is 8. The molecule has 0 saturated carbocycles. The molecule has 0 bridgehead atoms. The molecule has 0 unspecified atom stereocenters. The standard InChI is InChI=1S/C25H29FN4O3/c1-18-4-2-5-21-24(18)28-17-30(25(21)32)11-3-6-23(31)27-16-22(29-12-14-33-15-13-29)19-7-9-20(26)10-8-19/h2,4-5,7-10,17,22H,3,6,11-16H2,1H3,(H,27,31)/t22-/m1/s1. The van der Waals surface area contributed by atoms with Crippen LogP contribution in [-0.4, -0.2) is 53.2 Å². The predicted octanol–water partition coefficient (Wildman–Crippen LogP) is 2.81. The zero-order chi connectivity index (χ0) is 23.2. The second-order valence-corrected chi connectivity index (χ2v) is 8.34. The Kier molecular flexibility index (Phi) is 7.47. The van der Waals surface area contributed by atoms with Gasteiger partial charge in [-0.3, -0.25) is 19.1 Å². The molecule has 1 aliphatic rings. The van der Waals surface area contributed by atoms with Crippen molar-refractivity contribution >= 4 is 16.8 Å². The van der Waals surface area contributed by atoms with Gasteiger partial charge in [0, 0.05) is 32.6 Å². The fourth-order valence-corrected chi connectivity index (χ4v) is 4.24. The molecule has 4 rings (SSSR count). The number of morpholine rings is 1. The lowest BCUT2D eigenvalue weighted by Crippen LogP contribution is -2.43. The number of carbonyl (C=O) groups is 1. The number of nitrogens with zero attached hydrogens (tertiary/aromatic N) is 3. The summed E-state index contributed by atoms with van der Waals surface area (Å²) in [7, 11) is 0. The lowest BCUT2D eigenvalue weighted by molar-refractivity contribution is -0.121. The van der Waals surface area contributed by atoms with E-state index in [9.17, 15) is 14.0 Å². The first-order valence-corrected chi connectivity index (χ1v) is 11.3. The molecule has 8 heteroatoms. The Balaban J connectivity index is 1.34. The van der Waals surface area contributed by atoms with Crippen molar-refractivity contribution in [1.29, 1.82) is 0 Å². The van der Waals surface area contributed by atoms with E-state index < -0.39 is 0 Å². The van der Waals surface area contributed by atoms with Crippen molar-refractivity contribution < 1.29 is 13.9 Å². The molecule has 1 aromatic heterocycles. The molecule has 1 saturated heterocycles. The molecule has 0 radical (unpaired) electrons. The number of para-hydroxylation sites is 1. The average Bonchev–Trinajstić information content (AvgIpc) is 2.83. The number of aryl methyl sites for hydroxylation is 2. The molecule has 2 heterocycles. The normalized spacial score (nSPS) is 15.5. The summed E-state index contributed by atoms with van der Waals surface area (Å²) in [6.07, 6.45) is 2.39. The van der Waals surface area contributed by atoms with Crippen molar-refractivity contribution in [3.63, 3.8) is 0 Å². The molecule has 1 amide bonds. The first-order valence-electron chi connectivity index (χ1n) is 11.3. The van der Waals surface area contributed by atoms with Gasteiger partial charge in [-0.15, -0.1) is 0 Å². The van der Waals surface area contributed by atoms with Gasteiger partial charge in [0.2, 0.25) is 5.91 Å². The van der Waals surface area contributed by atoms with E-state index in [1.807, 2.05) is 19.1 Å². The molecule has 1 atom stereocenters. The largest absolute Gasteiger partial charge is 0.379 e. The van der Waals surface area contributed by atoms with Crippen LogP contribution in [0.5, 0.6) is 0 Å². The Bertz CT molecular complexity index is 1160. The van der Waals surface area contributed by atoms with E-state index in [-0.39, 0.29) is 23.3 Å². The Hall–Kier alpha value is -3.10. The Morgan fingerprint density at radius 3 is 2.70 bits per heavy atom. The predicted molar refractivity (Wildman–Crippen MR) is 125 cm³/mol. The molecule has 7 nitrogen and oxygen atoms in total. The molecule has 3 aromatic rings. The fourth-order valence-electron chi connectivity index (χ4n) is 4.24. The summed E-state index contributed by atoms with van der Waals surface area (Å²) in [4.78, 5) is 31.9. The summed E-state index contributed by atoms with van der Waals surface area (Å²) in [6.45, 7) is 5.58. The Morgan fingerprint density at radius 2 is 1.94 bits per heavy atom. The van der Waals surface area contributed by atoms with Crippen molar-refractivity contribution in [3.05, 3.63) is 76.1 Å². The number of hydrogen-bond acceptors (Lipinski definition) is 5. The maximum absolute atomic E-state index is 13.4. The minimum Gasteiger partial charge on any atom is -0.379 e. The molecule has 0 spiro atoms. The van der Waals surface area contributed by atoms with Gasteiger partial charge in [0.05, 0.1) is 36.5 Å². The molecule has 0 aliphatic carbocycles. The van der Waals surface area contributed by atoms with Gasteiger partial charge in [0.25, 0.3) is 5.56 Å². The molecular formula is C25H29FN4O3. The molecular weight excluding hydrogens is 423 g/mol. The number of halogens is 1. The summed E-state index contributed by atoms with van der Waals surface area (Å²) in [6, 6.07) is 11.9. The quantitative estimate of drug-likeness (QED) is 0.569. The minimum atomic E-state index is -0.280. The maximum Gasteiger partial charge on any atom is 0.261 e. The van der Waals surface area contributed by atoms with E-state index in [1.54, 1.807) is 29.1 Å². The van der Waals surface area contributed by atoms with E-state index in [0.29, 0.717) is 50.0 Å². The molecule has 2 aromatic carbocycles. The zero-order valence-electron chi connectivity index (χ0n) is 18.8. The molecule has 33 heavy (non-hydrogen) atoms. The second-order valence-electron chi connectivity index (χ2n) is 8.34. The number of fused-ring (bicyclic) bond motifs is 1. The van der Waals surface area contributed by atoms with E-state index in [4.69, 9.17) is 4.74 Å². The Morgan fingerprint density at radius 1 is 1.18 bits per heavy atom. The smallest absolute Gasteiger partial charge is 0.261 e. The lowest BCUT2D eigenvalue weighted by Gasteiger charge is -2.35. The number of carbonyl (C=O) groups excluding carboxylic acids is 1. The van der Waals surface area contributed by atoms with Gasteiger partial charge in [-0.1, -0.05) is 24.3 Å². The highest BCUT2D eigenvalue weighted by atomic mass is 19.1. The van der Waals surface area contributed by atoms with Crippen LogP contribution in [-0.2, 0) is 16.1 Å². The number of aromatic nitrogens is 2. The summed E-state index contributed by atoms with van der Waals surface area (Å²) in [5, 5.41) is 3.61. The SMILES string of the molecule is Cc1cccc2c(=O)n(CCCC(=O)NC[C@H](c3ccc(F)cc3)N3CCOCC3)cnc12. The van der Waals surface area contributed by atoms with Crippen LogP contribution in [0.4, 0.5) is 4.39 Å². The van der Waals surface area contributed by atoms with Gasteiger partial charge in [-0.25, -0.2) is 9.37 Å². The van der Waals surface area contributed by atoms with Gasteiger partial charge in [-0.2, -0.15) is 0 Å². The first-order chi connectivity index (χ1) is 16.0. The topological polar surface area (TPSA) is 76.5 Å². The number of nitrogens with one attached hydrogen (secondary N) is 1. The van der Waals surface area contributed by atoms with Gasteiger partial charge in [-0.05, 0) is 42.7 Å². The lowest BCUT2D eigenvalue weighted by atomic mass is 10.0. The number of amides is 1. The van der Waals surface area contributed by atoms with Crippen molar-refractivity contribution in [2.45, 2.75) is 32.4 Å². The second kappa shape index (κ2) is 10.7. The van der Waals surface area contributed by atoms with Crippen LogP contribution >= 0.6 is 0 Å². The van der Waals surface area contributed by atoms with Gasteiger partial charge < -0.3 is 10.1 Å². The van der Waals surface area contributed by atoms with Gasteiger partial charge >= 0.3 is 0 Å². The summed E-state index contributed by atoms with van der Waals surface area (Å²) < 4.78 is 20.4. The van der Waals surface area contributed by atoms with Crippen LogP contribution in [0.3, 0.4) is 0 Å². The van der Waals surface area contributed by atoms with Crippen LogP contribution < -0.4 is 10.9 Å².